The van der Waals surface area contributed by atoms with Gasteiger partial charge in [0.15, 0.2) is 5.78 Å². The Balaban J connectivity index is 2.61. The summed E-state index contributed by atoms with van der Waals surface area (Å²) < 4.78 is 6.70. The van der Waals surface area contributed by atoms with Crippen molar-refractivity contribution < 1.29 is 9.53 Å². The first-order chi connectivity index (χ1) is 9.08. The summed E-state index contributed by atoms with van der Waals surface area (Å²) in [5.74, 6) is 0.531. The number of aromatic nitrogens is 1. The Hall–Kier alpha value is -2.74. The van der Waals surface area contributed by atoms with Gasteiger partial charge < -0.3 is 15.0 Å². The molecular weight excluding hydrogens is 242 g/mol. The second kappa shape index (κ2) is 4.86. The third kappa shape index (κ3) is 2.16. The quantitative estimate of drug-likeness (QED) is 0.852. The molecule has 19 heavy (non-hydrogen) atoms. The highest BCUT2D eigenvalue weighted by Gasteiger charge is 2.17. The van der Waals surface area contributed by atoms with Gasteiger partial charge in [-0.05, 0) is 24.3 Å². The Kier molecular flexibility index (Phi) is 3.25. The van der Waals surface area contributed by atoms with E-state index in [4.69, 9.17) is 15.7 Å². The molecule has 5 heteroatoms. The van der Waals surface area contributed by atoms with E-state index >= 15 is 0 Å². The Morgan fingerprint density at radius 2 is 2.00 bits per heavy atom. The van der Waals surface area contributed by atoms with Crippen molar-refractivity contribution in [1.82, 2.24) is 4.57 Å². The smallest absolute Gasteiger partial charge is 0.178 e. The molecule has 0 atom stereocenters. The number of ether oxygens (including phenoxy) is 1. The lowest BCUT2D eigenvalue weighted by Gasteiger charge is -2.08. The first-order valence-electron chi connectivity index (χ1n) is 5.64. The van der Waals surface area contributed by atoms with E-state index in [1.807, 2.05) is 6.07 Å². The molecule has 0 aliphatic carbocycles. The van der Waals surface area contributed by atoms with Crippen LogP contribution in [0.25, 0.3) is 5.69 Å². The summed E-state index contributed by atoms with van der Waals surface area (Å²) in [6.07, 6.45) is 1.56. The maximum absolute atomic E-state index is 11.7. The van der Waals surface area contributed by atoms with Crippen LogP contribution in [0.4, 0.5) is 5.69 Å². The highest BCUT2D eigenvalue weighted by Crippen LogP contribution is 2.25. The van der Waals surface area contributed by atoms with Crippen molar-refractivity contribution in [2.45, 2.75) is 6.92 Å². The summed E-state index contributed by atoms with van der Waals surface area (Å²) in [6.45, 7) is 1.42. The SMILES string of the molecule is COc1ccc(-n2cc(C#N)c(N)c2C(C)=O)cc1. The topological polar surface area (TPSA) is 81.0 Å². The van der Waals surface area contributed by atoms with Crippen LogP contribution in [0.15, 0.2) is 30.5 Å². The van der Waals surface area contributed by atoms with Crippen LogP contribution in [0.5, 0.6) is 5.75 Å². The molecule has 0 amide bonds. The lowest BCUT2D eigenvalue weighted by Crippen LogP contribution is -2.06. The molecule has 1 aromatic carbocycles. The van der Waals surface area contributed by atoms with Crippen molar-refractivity contribution in [3.05, 3.63) is 41.7 Å². The molecule has 0 unspecified atom stereocenters. The zero-order valence-electron chi connectivity index (χ0n) is 10.7. The summed E-state index contributed by atoms with van der Waals surface area (Å²) >= 11 is 0. The molecule has 0 radical (unpaired) electrons. The maximum atomic E-state index is 11.7. The van der Waals surface area contributed by atoms with Crippen LogP contribution >= 0.6 is 0 Å². The second-order valence-corrected chi connectivity index (χ2v) is 4.04. The maximum Gasteiger partial charge on any atom is 0.178 e. The molecule has 5 nitrogen and oxygen atoms in total. The summed E-state index contributed by atoms with van der Waals surface area (Å²) in [4.78, 5) is 11.7. The van der Waals surface area contributed by atoms with E-state index in [2.05, 4.69) is 0 Å². The Labute approximate surface area is 110 Å². The highest BCUT2D eigenvalue weighted by atomic mass is 16.5. The van der Waals surface area contributed by atoms with Crippen molar-refractivity contribution in [3.8, 4) is 17.5 Å². The average molecular weight is 255 g/mol. The normalized spacial score (nSPS) is 9.95. The minimum absolute atomic E-state index is 0.185. The zero-order valence-corrected chi connectivity index (χ0v) is 10.7. The molecule has 0 spiro atoms. The van der Waals surface area contributed by atoms with E-state index in [0.717, 1.165) is 5.69 Å². The van der Waals surface area contributed by atoms with Gasteiger partial charge in [-0.1, -0.05) is 0 Å². The minimum atomic E-state index is -0.185. The number of benzene rings is 1. The van der Waals surface area contributed by atoms with Gasteiger partial charge in [-0.15, -0.1) is 0 Å². The number of nitrogens with zero attached hydrogens (tertiary/aromatic N) is 2. The summed E-state index contributed by atoms with van der Waals surface area (Å²) in [5.41, 5.74) is 7.40. The molecule has 0 fully saturated rings. The third-order valence-corrected chi connectivity index (χ3v) is 2.85. The number of nitrogen functional groups attached to an aromatic ring is 1. The largest absolute Gasteiger partial charge is 0.497 e. The standard InChI is InChI=1S/C14H13N3O2/c1-9(18)14-13(16)10(7-15)8-17(14)11-3-5-12(19-2)6-4-11/h3-6,8H,16H2,1-2H3. The summed E-state index contributed by atoms with van der Waals surface area (Å²) in [5, 5.41) is 8.99. The van der Waals surface area contributed by atoms with E-state index < -0.39 is 0 Å². The number of nitriles is 1. The minimum Gasteiger partial charge on any atom is -0.497 e. The van der Waals surface area contributed by atoms with Gasteiger partial charge in [-0.3, -0.25) is 4.79 Å². The fraction of sp³-hybridized carbons (Fsp3) is 0.143. The Morgan fingerprint density at radius 1 is 1.37 bits per heavy atom. The number of carbonyl (C=O) groups excluding carboxylic acids is 1. The van der Waals surface area contributed by atoms with Crippen molar-refractivity contribution in [2.75, 3.05) is 12.8 Å². The van der Waals surface area contributed by atoms with Crippen molar-refractivity contribution in [3.63, 3.8) is 0 Å². The van der Waals surface area contributed by atoms with E-state index in [1.165, 1.54) is 6.92 Å². The van der Waals surface area contributed by atoms with E-state index in [-0.39, 0.29) is 11.5 Å². The van der Waals surface area contributed by atoms with Gasteiger partial charge in [-0.25, -0.2) is 0 Å². The van der Waals surface area contributed by atoms with Gasteiger partial charge in [0.2, 0.25) is 0 Å². The van der Waals surface area contributed by atoms with Crippen molar-refractivity contribution in [2.24, 2.45) is 0 Å². The number of carbonyl (C=O) groups is 1. The van der Waals surface area contributed by atoms with Crippen LogP contribution in [-0.4, -0.2) is 17.5 Å². The van der Waals surface area contributed by atoms with E-state index in [9.17, 15) is 4.79 Å². The molecular formula is C14H13N3O2. The predicted octanol–water partition coefficient (Wildman–Crippen LogP) is 2.14. The van der Waals surface area contributed by atoms with Gasteiger partial charge in [0.05, 0.1) is 18.4 Å². The number of Topliss-reactive ketones (excluding diaryl/α,β-unsaturated/α-hetero) is 1. The molecule has 2 rings (SSSR count). The van der Waals surface area contributed by atoms with Crippen molar-refractivity contribution >= 4 is 11.5 Å². The molecule has 96 valence electrons. The Bertz CT molecular complexity index is 663. The van der Waals surface area contributed by atoms with Crippen LogP contribution in [0, 0.1) is 11.3 Å². The number of ketones is 1. The van der Waals surface area contributed by atoms with E-state index in [0.29, 0.717) is 17.0 Å². The molecule has 0 saturated heterocycles. The lowest BCUT2D eigenvalue weighted by atomic mass is 10.2. The fourth-order valence-electron chi connectivity index (χ4n) is 1.92. The number of rotatable bonds is 3. The summed E-state index contributed by atoms with van der Waals surface area (Å²) in [7, 11) is 1.58. The number of hydrogen-bond donors (Lipinski definition) is 1. The van der Waals surface area contributed by atoms with Gasteiger partial charge in [-0.2, -0.15) is 5.26 Å². The van der Waals surface area contributed by atoms with E-state index in [1.54, 1.807) is 42.1 Å². The number of anilines is 1. The summed E-state index contributed by atoms with van der Waals surface area (Å²) in [6, 6.07) is 9.13. The van der Waals surface area contributed by atoms with Crippen LogP contribution in [0.2, 0.25) is 0 Å². The molecule has 1 aromatic heterocycles. The van der Waals surface area contributed by atoms with Gasteiger partial charge >= 0.3 is 0 Å². The molecule has 2 aromatic rings. The molecule has 0 saturated carbocycles. The molecule has 0 bridgehead atoms. The lowest BCUT2D eigenvalue weighted by molar-refractivity contribution is 0.101. The second-order valence-electron chi connectivity index (χ2n) is 4.04. The zero-order chi connectivity index (χ0) is 14.0. The van der Waals surface area contributed by atoms with Crippen LogP contribution in [0.3, 0.4) is 0 Å². The highest BCUT2D eigenvalue weighted by molar-refractivity contribution is 5.99. The average Bonchev–Trinajstić information content (AvgIpc) is 2.76. The molecule has 2 N–H and O–H groups in total. The first-order valence-corrected chi connectivity index (χ1v) is 5.64. The van der Waals surface area contributed by atoms with Crippen LogP contribution in [-0.2, 0) is 0 Å². The number of methoxy groups -OCH3 is 1. The van der Waals surface area contributed by atoms with Crippen LogP contribution in [0.1, 0.15) is 23.0 Å². The molecule has 1 heterocycles. The van der Waals surface area contributed by atoms with Gasteiger partial charge in [0, 0.05) is 18.8 Å². The monoisotopic (exact) mass is 255 g/mol. The van der Waals surface area contributed by atoms with Gasteiger partial charge in [0.1, 0.15) is 17.5 Å². The third-order valence-electron chi connectivity index (χ3n) is 2.85. The fourth-order valence-corrected chi connectivity index (χ4v) is 1.92. The molecule has 0 aliphatic heterocycles. The van der Waals surface area contributed by atoms with Crippen molar-refractivity contribution in [1.29, 1.82) is 5.26 Å². The van der Waals surface area contributed by atoms with Gasteiger partial charge in [0.25, 0.3) is 0 Å². The number of nitrogens with two attached hydrogens (primary N) is 1. The number of hydrogen-bond acceptors (Lipinski definition) is 4. The first kappa shape index (κ1) is 12.7. The molecule has 0 aliphatic rings. The predicted molar refractivity (Wildman–Crippen MR) is 71.5 cm³/mol. The van der Waals surface area contributed by atoms with Crippen LogP contribution < -0.4 is 10.5 Å². The Morgan fingerprint density at radius 3 is 2.47 bits per heavy atom.